The average molecular weight is 365 g/mol. The quantitative estimate of drug-likeness (QED) is 0.790. The molecule has 1 rings (SSSR count). The van der Waals surface area contributed by atoms with E-state index in [9.17, 15) is 8.42 Å². The summed E-state index contributed by atoms with van der Waals surface area (Å²) in [6.45, 7) is 3.48. The molecule has 0 amide bonds. The Hall–Kier alpha value is -0.700. The van der Waals surface area contributed by atoms with Crippen molar-refractivity contribution in [2.24, 2.45) is 0 Å². The van der Waals surface area contributed by atoms with Crippen LogP contribution < -0.4 is 5.73 Å². The van der Waals surface area contributed by atoms with Crippen LogP contribution in [0.25, 0.3) is 0 Å². The van der Waals surface area contributed by atoms with Gasteiger partial charge in [0.2, 0.25) is 10.0 Å². The number of halogens is 1. The lowest BCUT2D eigenvalue weighted by molar-refractivity contribution is 0.333. The first-order valence-electron chi connectivity index (χ1n) is 6.35. The number of rotatable bonds is 7. The molecule has 0 unspecified atom stereocenters. The number of sulfonamides is 1. The summed E-state index contributed by atoms with van der Waals surface area (Å²) in [6, 6.07) is 1.50. The molecule has 0 aliphatic heterocycles. The molecule has 0 bridgehead atoms. The van der Waals surface area contributed by atoms with Gasteiger partial charge < -0.3 is 10.6 Å². The molecule has 0 aromatic carbocycles. The van der Waals surface area contributed by atoms with Crippen molar-refractivity contribution in [1.29, 1.82) is 0 Å². The molecule has 0 aliphatic carbocycles. The Morgan fingerprint density at radius 3 is 2.50 bits per heavy atom. The van der Waals surface area contributed by atoms with E-state index < -0.39 is 10.0 Å². The fraction of sp³-hybridized carbons (Fsp3) is 0.583. The number of hydrogen-bond acceptors (Lipinski definition) is 5. The maximum atomic E-state index is 12.7. The number of hydrogen-bond donors (Lipinski definition) is 1. The fourth-order valence-electron chi connectivity index (χ4n) is 1.69. The van der Waals surface area contributed by atoms with Crippen molar-refractivity contribution in [3.05, 3.63) is 16.7 Å². The van der Waals surface area contributed by atoms with Crippen LogP contribution in [0.1, 0.15) is 13.3 Å². The molecular formula is C12H21BrN4O2S. The van der Waals surface area contributed by atoms with Crippen molar-refractivity contribution in [1.82, 2.24) is 14.2 Å². The van der Waals surface area contributed by atoms with Crippen LogP contribution >= 0.6 is 15.9 Å². The summed E-state index contributed by atoms with van der Waals surface area (Å²) in [5.74, 6) is 0.0270. The van der Waals surface area contributed by atoms with Crippen LogP contribution in [-0.2, 0) is 10.0 Å². The van der Waals surface area contributed by atoms with Gasteiger partial charge in [-0.25, -0.2) is 13.4 Å². The van der Waals surface area contributed by atoms with E-state index in [-0.39, 0.29) is 10.7 Å². The van der Waals surface area contributed by atoms with Crippen LogP contribution in [-0.4, -0.2) is 56.3 Å². The second-order valence-corrected chi connectivity index (χ2v) is 7.57. The molecule has 6 nitrogen and oxygen atoms in total. The zero-order valence-electron chi connectivity index (χ0n) is 12.0. The van der Waals surface area contributed by atoms with Gasteiger partial charge in [-0.2, -0.15) is 4.31 Å². The molecule has 8 heteroatoms. The van der Waals surface area contributed by atoms with Crippen molar-refractivity contribution >= 4 is 31.8 Å². The number of aromatic nitrogens is 1. The number of nitrogens with zero attached hydrogens (tertiary/aromatic N) is 3. The summed E-state index contributed by atoms with van der Waals surface area (Å²) in [6.07, 6.45) is 2.23. The predicted molar refractivity (Wildman–Crippen MR) is 84.0 cm³/mol. The van der Waals surface area contributed by atoms with E-state index in [0.717, 1.165) is 6.42 Å². The highest BCUT2D eigenvalue weighted by Gasteiger charge is 2.26. The largest absolute Gasteiger partial charge is 0.383 e. The Kier molecular flexibility index (Phi) is 6.38. The third kappa shape index (κ3) is 4.41. The highest BCUT2D eigenvalue weighted by atomic mass is 79.9. The molecule has 1 heterocycles. The Morgan fingerprint density at radius 2 is 1.95 bits per heavy atom. The van der Waals surface area contributed by atoms with Gasteiger partial charge in [0.15, 0.2) is 0 Å². The topological polar surface area (TPSA) is 79.5 Å². The normalized spacial score (nSPS) is 12.3. The lowest BCUT2D eigenvalue weighted by Gasteiger charge is -2.23. The average Bonchev–Trinajstić information content (AvgIpc) is 2.36. The van der Waals surface area contributed by atoms with E-state index in [0.29, 0.717) is 24.1 Å². The Bertz CT molecular complexity index is 548. The summed E-state index contributed by atoms with van der Waals surface area (Å²) < 4.78 is 27.4. The highest BCUT2D eigenvalue weighted by molar-refractivity contribution is 9.10. The lowest BCUT2D eigenvalue weighted by atomic mass is 10.4. The summed E-state index contributed by atoms with van der Waals surface area (Å²) in [5, 5.41) is 0. The van der Waals surface area contributed by atoms with E-state index >= 15 is 0 Å². The molecule has 0 saturated carbocycles. The molecule has 0 fully saturated rings. The second-order valence-electron chi connectivity index (χ2n) is 4.74. The van der Waals surface area contributed by atoms with Crippen molar-refractivity contribution in [2.45, 2.75) is 18.2 Å². The van der Waals surface area contributed by atoms with Gasteiger partial charge in [0.05, 0.1) is 0 Å². The summed E-state index contributed by atoms with van der Waals surface area (Å²) in [5.41, 5.74) is 5.72. The number of nitrogen functional groups attached to an aromatic ring is 1. The third-order valence-corrected chi connectivity index (χ3v) is 5.10. The molecule has 2 N–H and O–H groups in total. The van der Waals surface area contributed by atoms with Gasteiger partial charge >= 0.3 is 0 Å². The minimum atomic E-state index is -3.62. The SMILES string of the molecule is CCCN(CCN(C)C)S(=O)(=O)c1cc(Br)cnc1N. The van der Waals surface area contributed by atoms with Gasteiger partial charge in [-0.15, -0.1) is 0 Å². The van der Waals surface area contributed by atoms with Gasteiger partial charge in [0, 0.05) is 30.3 Å². The maximum absolute atomic E-state index is 12.7. The van der Waals surface area contributed by atoms with E-state index in [2.05, 4.69) is 20.9 Å². The van der Waals surface area contributed by atoms with Gasteiger partial charge in [0.25, 0.3) is 0 Å². The minimum Gasteiger partial charge on any atom is -0.383 e. The first-order valence-corrected chi connectivity index (χ1v) is 8.58. The monoisotopic (exact) mass is 364 g/mol. The van der Waals surface area contributed by atoms with Crippen molar-refractivity contribution in [3.8, 4) is 0 Å². The Labute approximate surface area is 129 Å². The molecule has 20 heavy (non-hydrogen) atoms. The zero-order chi connectivity index (χ0) is 15.3. The molecule has 0 atom stereocenters. The molecule has 0 saturated heterocycles. The molecular weight excluding hydrogens is 344 g/mol. The molecule has 114 valence electrons. The maximum Gasteiger partial charge on any atom is 0.246 e. The van der Waals surface area contributed by atoms with Gasteiger partial charge in [-0.05, 0) is 42.5 Å². The Balaban J connectivity index is 3.12. The van der Waals surface area contributed by atoms with Gasteiger partial charge in [-0.1, -0.05) is 6.92 Å². The fourth-order valence-corrected chi connectivity index (χ4v) is 3.79. The van der Waals surface area contributed by atoms with Crippen molar-refractivity contribution < 1.29 is 8.42 Å². The second kappa shape index (κ2) is 7.35. The van der Waals surface area contributed by atoms with Crippen LogP contribution in [0.4, 0.5) is 5.82 Å². The minimum absolute atomic E-state index is 0.0270. The van der Waals surface area contributed by atoms with Crippen LogP contribution in [0.2, 0.25) is 0 Å². The Morgan fingerprint density at radius 1 is 1.30 bits per heavy atom. The smallest absolute Gasteiger partial charge is 0.246 e. The molecule has 1 aromatic rings. The van der Waals surface area contributed by atoms with E-state index in [4.69, 9.17) is 5.73 Å². The number of likely N-dealkylation sites (N-methyl/N-ethyl adjacent to an activating group) is 1. The van der Waals surface area contributed by atoms with E-state index in [1.54, 1.807) is 0 Å². The number of pyridine rings is 1. The van der Waals surface area contributed by atoms with E-state index in [1.165, 1.54) is 16.6 Å². The summed E-state index contributed by atoms with van der Waals surface area (Å²) >= 11 is 3.23. The molecule has 0 radical (unpaired) electrons. The first-order chi connectivity index (χ1) is 9.28. The number of anilines is 1. The summed E-state index contributed by atoms with van der Waals surface area (Å²) in [4.78, 5) is 5.90. The van der Waals surface area contributed by atoms with Crippen molar-refractivity contribution in [3.63, 3.8) is 0 Å². The summed E-state index contributed by atoms with van der Waals surface area (Å²) in [7, 11) is 0.194. The van der Waals surface area contributed by atoms with Crippen LogP contribution in [0, 0.1) is 0 Å². The van der Waals surface area contributed by atoms with Gasteiger partial charge in [-0.3, -0.25) is 0 Å². The molecule has 0 aliphatic rings. The molecule has 0 spiro atoms. The highest BCUT2D eigenvalue weighted by Crippen LogP contribution is 2.24. The van der Waals surface area contributed by atoms with Crippen LogP contribution in [0.3, 0.4) is 0 Å². The third-order valence-electron chi connectivity index (χ3n) is 2.74. The number of nitrogens with two attached hydrogens (primary N) is 1. The van der Waals surface area contributed by atoms with Crippen LogP contribution in [0.5, 0.6) is 0 Å². The van der Waals surface area contributed by atoms with Crippen LogP contribution in [0.15, 0.2) is 21.6 Å². The standard InChI is InChI=1S/C12H21BrN4O2S/c1-4-5-17(7-6-16(2)3)20(18,19)11-8-10(13)9-15-12(11)14/h8-9H,4-7H2,1-3H3,(H2,14,15). The first kappa shape index (κ1) is 17.4. The van der Waals surface area contributed by atoms with Crippen molar-refractivity contribution in [2.75, 3.05) is 39.5 Å². The molecule has 1 aromatic heterocycles. The lowest BCUT2D eigenvalue weighted by Crippen LogP contribution is -2.37. The van der Waals surface area contributed by atoms with E-state index in [1.807, 2.05) is 25.9 Å². The zero-order valence-corrected chi connectivity index (χ0v) is 14.4. The predicted octanol–water partition coefficient (Wildman–Crippen LogP) is 1.39. The van der Waals surface area contributed by atoms with Gasteiger partial charge in [0.1, 0.15) is 10.7 Å².